The van der Waals surface area contributed by atoms with Crippen molar-refractivity contribution in [2.45, 2.75) is 20.0 Å². The van der Waals surface area contributed by atoms with Crippen molar-refractivity contribution in [2.75, 3.05) is 0 Å². The zero-order valence-corrected chi connectivity index (χ0v) is 7.60. The van der Waals surface area contributed by atoms with Crippen LogP contribution in [0.1, 0.15) is 24.3 Å². The van der Waals surface area contributed by atoms with E-state index in [0.29, 0.717) is 5.69 Å². The van der Waals surface area contributed by atoms with Gasteiger partial charge in [-0.1, -0.05) is 0 Å². The minimum Gasteiger partial charge on any atom is -0.387 e. The molecule has 0 saturated carbocycles. The van der Waals surface area contributed by atoms with Gasteiger partial charge in [-0.2, -0.15) is 5.10 Å². The summed E-state index contributed by atoms with van der Waals surface area (Å²) in [5.74, 6) is 0. The molecule has 13 heavy (non-hydrogen) atoms. The molecule has 2 heterocycles. The van der Waals surface area contributed by atoms with Crippen molar-refractivity contribution in [3.8, 4) is 0 Å². The summed E-state index contributed by atoms with van der Waals surface area (Å²) in [7, 11) is 0. The van der Waals surface area contributed by atoms with Gasteiger partial charge in [0.1, 0.15) is 0 Å². The molecule has 0 bridgehead atoms. The second kappa shape index (κ2) is 2.81. The topological polar surface area (TPSA) is 50.4 Å². The van der Waals surface area contributed by atoms with Crippen LogP contribution in [-0.2, 0) is 0 Å². The summed E-state index contributed by atoms with van der Waals surface area (Å²) in [5, 5.41) is 13.4. The van der Waals surface area contributed by atoms with E-state index in [1.165, 1.54) is 0 Å². The standard InChI is InChI=1S/C9H11N3O/c1-6-5-10-12-4-3-8(7(2)13)11-9(6)12/h3-5,7,13H,1-2H3. The van der Waals surface area contributed by atoms with Crippen molar-refractivity contribution >= 4 is 5.65 Å². The van der Waals surface area contributed by atoms with E-state index in [4.69, 9.17) is 0 Å². The molecular formula is C9H11N3O. The highest BCUT2D eigenvalue weighted by atomic mass is 16.3. The SMILES string of the molecule is Cc1cnn2ccc(C(C)O)nc12. The van der Waals surface area contributed by atoms with E-state index in [1.54, 1.807) is 29.9 Å². The third-order valence-electron chi connectivity index (χ3n) is 2.00. The molecule has 0 aromatic carbocycles. The molecule has 0 saturated heterocycles. The number of aliphatic hydroxyl groups excluding tert-OH is 1. The first-order valence-corrected chi connectivity index (χ1v) is 4.17. The van der Waals surface area contributed by atoms with E-state index < -0.39 is 6.10 Å². The molecule has 2 rings (SSSR count). The summed E-state index contributed by atoms with van der Waals surface area (Å²) in [4.78, 5) is 4.28. The summed E-state index contributed by atoms with van der Waals surface area (Å²) < 4.78 is 1.70. The Morgan fingerprint density at radius 3 is 3.00 bits per heavy atom. The first-order chi connectivity index (χ1) is 6.18. The average molecular weight is 177 g/mol. The van der Waals surface area contributed by atoms with Gasteiger partial charge >= 0.3 is 0 Å². The summed E-state index contributed by atoms with van der Waals surface area (Å²) in [6.45, 7) is 3.64. The Bertz CT molecular complexity index is 433. The lowest BCUT2D eigenvalue weighted by Gasteiger charge is -2.03. The van der Waals surface area contributed by atoms with E-state index in [9.17, 15) is 5.11 Å². The number of rotatable bonds is 1. The van der Waals surface area contributed by atoms with Crippen molar-refractivity contribution in [1.29, 1.82) is 0 Å². The first kappa shape index (κ1) is 8.19. The Morgan fingerprint density at radius 1 is 1.54 bits per heavy atom. The highest BCUT2D eigenvalue weighted by molar-refractivity contribution is 5.45. The van der Waals surface area contributed by atoms with Crippen LogP contribution in [0, 0.1) is 6.92 Å². The molecule has 0 fully saturated rings. The predicted octanol–water partition coefficient (Wildman–Crippen LogP) is 1.09. The normalized spacial score (nSPS) is 13.5. The summed E-state index contributed by atoms with van der Waals surface area (Å²) >= 11 is 0. The van der Waals surface area contributed by atoms with Gasteiger partial charge in [0.25, 0.3) is 0 Å². The lowest BCUT2D eigenvalue weighted by Crippen LogP contribution is -1.98. The second-order valence-electron chi connectivity index (χ2n) is 3.12. The summed E-state index contributed by atoms with van der Waals surface area (Å²) in [6.07, 6.45) is 3.03. The van der Waals surface area contributed by atoms with Crippen molar-refractivity contribution in [3.05, 3.63) is 29.7 Å². The Labute approximate surface area is 75.8 Å². The number of fused-ring (bicyclic) bond motifs is 1. The molecule has 4 heteroatoms. The number of aryl methyl sites for hydroxylation is 1. The summed E-state index contributed by atoms with van der Waals surface area (Å²) in [5.41, 5.74) is 2.50. The van der Waals surface area contributed by atoms with Crippen LogP contribution in [-0.4, -0.2) is 19.7 Å². The van der Waals surface area contributed by atoms with Gasteiger partial charge in [-0.25, -0.2) is 9.50 Å². The van der Waals surface area contributed by atoms with Gasteiger partial charge in [-0.3, -0.25) is 0 Å². The van der Waals surface area contributed by atoms with Crippen LogP contribution in [0.3, 0.4) is 0 Å². The van der Waals surface area contributed by atoms with E-state index >= 15 is 0 Å². The number of aromatic nitrogens is 3. The fourth-order valence-corrected chi connectivity index (χ4v) is 1.23. The second-order valence-corrected chi connectivity index (χ2v) is 3.12. The highest BCUT2D eigenvalue weighted by Crippen LogP contribution is 2.12. The van der Waals surface area contributed by atoms with Crippen LogP contribution in [0.25, 0.3) is 5.65 Å². The largest absolute Gasteiger partial charge is 0.387 e. The average Bonchev–Trinajstić information content (AvgIpc) is 2.47. The van der Waals surface area contributed by atoms with E-state index in [1.807, 2.05) is 6.92 Å². The fraction of sp³-hybridized carbons (Fsp3) is 0.333. The molecule has 1 atom stereocenters. The molecule has 0 aliphatic heterocycles. The zero-order valence-electron chi connectivity index (χ0n) is 7.60. The van der Waals surface area contributed by atoms with Gasteiger partial charge in [0, 0.05) is 11.8 Å². The lowest BCUT2D eigenvalue weighted by molar-refractivity contribution is 0.194. The first-order valence-electron chi connectivity index (χ1n) is 4.17. The van der Waals surface area contributed by atoms with Crippen molar-refractivity contribution in [3.63, 3.8) is 0 Å². The van der Waals surface area contributed by atoms with E-state index in [-0.39, 0.29) is 0 Å². The molecule has 4 nitrogen and oxygen atoms in total. The Hall–Kier alpha value is -1.42. The molecule has 0 spiro atoms. The molecule has 0 aliphatic rings. The van der Waals surface area contributed by atoms with Gasteiger partial charge in [-0.15, -0.1) is 0 Å². The Morgan fingerprint density at radius 2 is 2.31 bits per heavy atom. The van der Waals surface area contributed by atoms with Crippen LogP contribution in [0.2, 0.25) is 0 Å². The third-order valence-corrected chi connectivity index (χ3v) is 2.00. The van der Waals surface area contributed by atoms with Gasteiger partial charge in [0.15, 0.2) is 5.65 Å². The predicted molar refractivity (Wildman–Crippen MR) is 48.4 cm³/mol. The summed E-state index contributed by atoms with van der Waals surface area (Å²) in [6, 6.07) is 1.77. The van der Waals surface area contributed by atoms with Crippen LogP contribution in [0.4, 0.5) is 0 Å². The maximum absolute atomic E-state index is 9.32. The maximum atomic E-state index is 9.32. The van der Waals surface area contributed by atoms with Crippen LogP contribution >= 0.6 is 0 Å². The number of hydrogen-bond donors (Lipinski definition) is 1. The smallest absolute Gasteiger partial charge is 0.158 e. The maximum Gasteiger partial charge on any atom is 0.158 e. The quantitative estimate of drug-likeness (QED) is 0.709. The Balaban J connectivity index is 2.66. The molecule has 1 N–H and O–H groups in total. The van der Waals surface area contributed by atoms with E-state index in [0.717, 1.165) is 11.2 Å². The molecule has 0 amide bonds. The Kier molecular flexibility index (Phi) is 1.77. The van der Waals surface area contributed by atoms with Crippen molar-refractivity contribution in [2.24, 2.45) is 0 Å². The molecule has 2 aromatic rings. The molecule has 2 aromatic heterocycles. The van der Waals surface area contributed by atoms with Gasteiger partial charge in [0.2, 0.25) is 0 Å². The van der Waals surface area contributed by atoms with E-state index in [2.05, 4.69) is 10.1 Å². The van der Waals surface area contributed by atoms with Crippen molar-refractivity contribution in [1.82, 2.24) is 14.6 Å². The number of nitrogens with zero attached hydrogens (tertiary/aromatic N) is 3. The highest BCUT2D eigenvalue weighted by Gasteiger charge is 2.05. The van der Waals surface area contributed by atoms with Crippen LogP contribution in [0.15, 0.2) is 18.5 Å². The number of aliphatic hydroxyl groups is 1. The van der Waals surface area contributed by atoms with Gasteiger partial charge in [0.05, 0.1) is 18.0 Å². The zero-order chi connectivity index (χ0) is 9.42. The van der Waals surface area contributed by atoms with Crippen LogP contribution < -0.4 is 0 Å². The fourth-order valence-electron chi connectivity index (χ4n) is 1.23. The molecule has 0 aliphatic carbocycles. The molecule has 0 radical (unpaired) electrons. The van der Waals surface area contributed by atoms with Crippen molar-refractivity contribution < 1.29 is 5.11 Å². The lowest BCUT2D eigenvalue weighted by atomic mass is 10.3. The third kappa shape index (κ3) is 1.29. The monoisotopic (exact) mass is 177 g/mol. The number of hydrogen-bond acceptors (Lipinski definition) is 3. The molecule has 1 unspecified atom stereocenters. The molecule has 68 valence electrons. The van der Waals surface area contributed by atoms with Gasteiger partial charge in [-0.05, 0) is 19.9 Å². The minimum absolute atomic E-state index is 0.528. The van der Waals surface area contributed by atoms with Crippen LogP contribution in [0.5, 0.6) is 0 Å². The molecular weight excluding hydrogens is 166 g/mol. The van der Waals surface area contributed by atoms with Gasteiger partial charge < -0.3 is 5.11 Å². The minimum atomic E-state index is -0.528.